The van der Waals surface area contributed by atoms with Crippen molar-refractivity contribution >= 4 is 5.71 Å². The Morgan fingerprint density at radius 1 is 1.22 bits per heavy atom. The molecule has 126 valence electrons. The summed E-state index contributed by atoms with van der Waals surface area (Å²) >= 11 is 0. The zero-order chi connectivity index (χ0) is 17.0. The second-order valence-corrected chi connectivity index (χ2v) is 8.43. The zero-order valence-electron chi connectivity index (χ0n) is 15.2. The molecule has 0 amide bonds. The molecule has 2 aliphatic carbocycles. The molecule has 0 heterocycles. The van der Waals surface area contributed by atoms with E-state index in [-0.39, 0.29) is 22.7 Å². The Balaban J connectivity index is 2.30. The van der Waals surface area contributed by atoms with Crippen molar-refractivity contribution in [3.63, 3.8) is 0 Å². The molecule has 2 aliphatic rings. The largest absolute Gasteiger partial charge is 0.507 e. The third-order valence-electron chi connectivity index (χ3n) is 6.10. The Morgan fingerprint density at radius 2 is 1.91 bits per heavy atom. The maximum atomic E-state index is 11.0. The average Bonchev–Trinajstić information content (AvgIpc) is 2.70. The molecule has 3 heteroatoms. The molecule has 0 bridgehead atoms. The fourth-order valence-corrected chi connectivity index (χ4v) is 5.17. The zero-order valence-corrected chi connectivity index (χ0v) is 15.2. The Morgan fingerprint density at radius 3 is 2.52 bits per heavy atom. The summed E-state index contributed by atoms with van der Waals surface area (Å²) in [4.78, 5) is 5.20. The van der Waals surface area contributed by atoms with E-state index in [0.29, 0.717) is 5.75 Å². The van der Waals surface area contributed by atoms with Crippen molar-refractivity contribution in [1.29, 1.82) is 0 Å². The lowest BCUT2D eigenvalue weighted by Crippen LogP contribution is -2.44. The monoisotopic (exact) mass is 315 g/mol. The van der Waals surface area contributed by atoms with Crippen molar-refractivity contribution in [2.24, 2.45) is 16.5 Å². The number of phenols is 1. The van der Waals surface area contributed by atoms with Crippen molar-refractivity contribution in [3.05, 3.63) is 28.8 Å². The molecule has 1 saturated carbocycles. The number of rotatable bonds is 2. The number of hydrogen-bond donors (Lipinski definition) is 1. The van der Waals surface area contributed by atoms with Gasteiger partial charge in [-0.05, 0) is 35.3 Å². The minimum Gasteiger partial charge on any atom is -0.507 e. The molecular weight excluding hydrogens is 286 g/mol. The van der Waals surface area contributed by atoms with Crippen LogP contribution in [-0.2, 0) is 10.3 Å². The number of nitrogens with zero attached hydrogens (tertiary/aromatic N) is 1. The molecular formula is C20H29NO2. The van der Waals surface area contributed by atoms with Gasteiger partial charge in [-0.3, -0.25) is 0 Å². The number of fused-ring (bicyclic) bond motifs is 3. The average molecular weight is 315 g/mol. The number of hydrogen-bond acceptors (Lipinski definition) is 3. The highest BCUT2D eigenvalue weighted by molar-refractivity contribution is 6.10. The first kappa shape index (κ1) is 16.4. The molecule has 0 spiro atoms. The molecule has 1 fully saturated rings. The van der Waals surface area contributed by atoms with Crippen LogP contribution < -0.4 is 0 Å². The fourth-order valence-electron chi connectivity index (χ4n) is 5.17. The van der Waals surface area contributed by atoms with E-state index in [1.165, 1.54) is 18.4 Å². The molecule has 3 nitrogen and oxygen atoms in total. The van der Waals surface area contributed by atoms with Crippen LogP contribution in [0.5, 0.6) is 5.75 Å². The molecule has 1 aromatic carbocycles. The second-order valence-electron chi connectivity index (χ2n) is 8.43. The van der Waals surface area contributed by atoms with Gasteiger partial charge in [0.2, 0.25) is 0 Å². The smallest absolute Gasteiger partial charge is 0.128 e. The van der Waals surface area contributed by atoms with Gasteiger partial charge in [0.1, 0.15) is 12.9 Å². The van der Waals surface area contributed by atoms with Gasteiger partial charge in [0.25, 0.3) is 0 Å². The minimum atomic E-state index is 0.0292. The second kappa shape index (κ2) is 5.25. The van der Waals surface area contributed by atoms with E-state index in [4.69, 9.17) is 4.84 Å². The van der Waals surface area contributed by atoms with Crippen molar-refractivity contribution in [2.75, 3.05) is 7.11 Å². The van der Waals surface area contributed by atoms with Crippen molar-refractivity contribution in [1.82, 2.24) is 0 Å². The summed E-state index contributed by atoms with van der Waals surface area (Å²) in [5.41, 5.74) is 4.28. The van der Waals surface area contributed by atoms with Crippen LogP contribution in [-0.4, -0.2) is 17.9 Å². The molecule has 0 unspecified atom stereocenters. The Labute approximate surface area is 139 Å². The van der Waals surface area contributed by atoms with Gasteiger partial charge < -0.3 is 9.94 Å². The Kier molecular flexibility index (Phi) is 3.74. The highest BCUT2D eigenvalue weighted by Crippen LogP contribution is 2.60. The summed E-state index contributed by atoms with van der Waals surface area (Å²) in [6.07, 6.45) is 3.53. The van der Waals surface area contributed by atoms with E-state index >= 15 is 0 Å². The van der Waals surface area contributed by atoms with Crippen molar-refractivity contribution < 1.29 is 9.94 Å². The van der Waals surface area contributed by atoms with Crippen LogP contribution >= 0.6 is 0 Å². The normalized spacial score (nSPS) is 30.4. The highest BCUT2D eigenvalue weighted by atomic mass is 16.6. The molecule has 23 heavy (non-hydrogen) atoms. The van der Waals surface area contributed by atoms with E-state index in [2.05, 4.69) is 51.9 Å². The molecule has 0 aromatic heterocycles. The van der Waals surface area contributed by atoms with E-state index in [1.807, 2.05) is 0 Å². The van der Waals surface area contributed by atoms with Crippen LogP contribution in [0.2, 0.25) is 0 Å². The summed E-state index contributed by atoms with van der Waals surface area (Å²) < 4.78 is 0. The third kappa shape index (κ3) is 2.20. The summed E-state index contributed by atoms with van der Waals surface area (Å²) in [7, 11) is 1.60. The summed E-state index contributed by atoms with van der Waals surface area (Å²) in [6.45, 7) is 11.2. The van der Waals surface area contributed by atoms with E-state index in [9.17, 15) is 5.11 Å². The number of oxime groups is 1. The van der Waals surface area contributed by atoms with Crippen LogP contribution in [0.25, 0.3) is 0 Å². The van der Waals surface area contributed by atoms with Gasteiger partial charge >= 0.3 is 0 Å². The number of phenolic OH excluding ortho intramolecular Hbond substituents is 1. The Bertz CT molecular complexity index is 660. The van der Waals surface area contributed by atoms with E-state index in [1.54, 1.807) is 7.11 Å². The molecule has 3 rings (SSSR count). The predicted octanol–water partition coefficient (Wildman–Crippen LogP) is 4.96. The van der Waals surface area contributed by atoms with Crippen LogP contribution in [0.3, 0.4) is 0 Å². The molecule has 0 aliphatic heterocycles. The topological polar surface area (TPSA) is 41.8 Å². The van der Waals surface area contributed by atoms with Crippen LogP contribution in [0.1, 0.15) is 76.5 Å². The van der Waals surface area contributed by atoms with Gasteiger partial charge in [-0.1, -0.05) is 58.3 Å². The van der Waals surface area contributed by atoms with Gasteiger partial charge in [-0.2, -0.15) is 0 Å². The highest BCUT2D eigenvalue weighted by Gasteiger charge is 2.56. The van der Waals surface area contributed by atoms with E-state index < -0.39 is 0 Å². The lowest BCUT2D eigenvalue weighted by molar-refractivity contribution is 0.109. The standard InChI is InChI=1S/C20H29NO2/c1-12(2)13-8-9-14-15(17(13)22)16(21-23-6)18-19(3,4)10-7-11-20(14,18)5/h8-9,12,18,22H,7,10-11H2,1-6H3/b21-16+/t18-,20-/m1/s1. The molecule has 2 atom stereocenters. The van der Waals surface area contributed by atoms with Crippen LogP contribution in [0.15, 0.2) is 17.3 Å². The SMILES string of the molecule is CO/N=C1\c2c(ccc(C(C)C)c2O)[C@@]2(C)CCCC(C)(C)[C@@H]12. The first-order valence-electron chi connectivity index (χ1n) is 8.72. The third-order valence-corrected chi connectivity index (χ3v) is 6.10. The summed E-state index contributed by atoms with van der Waals surface area (Å²) in [5.74, 6) is 0.972. The van der Waals surface area contributed by atoms with Gasteiger partial charge in [0.05, 0.1) is 5.71 Å². The van der Waals surface area contributed by atoms with Gasteiger partial charge in [0.15, 0.2) is 0 Å². The van der Waals surface area contributed by atoms with Gasteiger partial charge in [0, 0.05) is 16.9 Å². The quantitative estimate of drug-likeness (QED) is 0.783. The molecule has 1 aromatic rings. The first-order chi connectivity index (χ1) is 10.7. The molecule has 1 N–H and O–H groups in total. The molecule has 0 saturated heterocycles. The predicted molar refractivity (Wildman–Crippen MR) is 94.2 cm³/mol. The lowest BCUT2D eigenvalue weighted by atomic mass is 9.56. The maximum Gasteiger partial charge on any atom is 0.128 e. The minimum absolute atomic E-state index is 0.0292. The first-order valence-corrected chi connectivity index (χ1v) is 8.72. The van der Waals surface area contributed by atoms with Crippen LogP contribution in [0, 0.1) is 11.3 Å². The Hall–Kier alpha value is -1.51. The maximum absolute atomic E-state index is 11.0. The lowest BCUT2D eigenvalue weighted by Gasteiger charge is -2.47. The van der Waals surface area contributed by atoms with E-state index in [0.717, 1.165) is 23.3 Å². The number of benzene rings is 1. The molecule has 0 radical (unpaired) electrons. The van der Waals surface area contributed by atoms with Crippen molar-refractivity contribution in [2.45, 2.75) is 65.2 Å². The van der Waals surface area contributed by atoms with Crippen molar-refractivity contribution in [3.8, 4) is 5.75 Å². The summed E-state index contributed by atoms with van der Waals surface area (Å²) in [5, 5.41) is 15.4. The van der Waals surface area contributed by atoms with Crippen LogP contribution in [0.4, 0.5) is 0 Å². The summed E-state index contributed by atoms with van der Waals surface area (Å²) in [6, 6.07) is 4.31. The fraction of sp³-hybridized carbons (Fsp3) is 0.650. The number of aromatic hydroxyl groups is 1. The van der Waals surface area contributed by atoms with Gasteiger partial charge in [-0.25, -0.2) is 0 Å². The van der Waals surface area contributed by atoms with Gasteiger partial charge in [-0.15, -0.1) is 0 Å².